The topological polar surface area (TPSA) is 12.9 Å². The average molecular weight is 220 g/mol. The number of aromatic nitrogens is 1. The Labute approximate surface area is 91.4 Å². The normalized spacial score (nSPS) is 9.21. The molecule has 0 aromatic carbocycles. The average Bonchev–Trinajstić information content (AvgIpc) is 2.69. The van der Waals surface area contributed by atoms with Gasteiger partial charge < -0.3 is 0 Å². The van der Waals surface area contributed by atoms with Gasteiger partial charge in [0, 0.05) is 17.1 Å². The summed E-state index contributed by atoms with van der Waals surface area (Å²) in [4.78, 5) is 4.08. The summed E-state index contributed by atoms with van der Waals surface area (Å²) in [7, 11) is 0. The molecule has 0 radical (unpaired) electrons. The molecule has 2 heterocycles. The molecule has 2 aromatic rings. The van der Waals surface area contributed by atoms with Gasteiger partial charge in [0.1, 0.15) is 5.69 Å². The fourth-order valence-corrected chi connectivity index (χ4v) is 1.70. The van der Waals surface area contributed by atoms with Gasteiger partial charge in [0.05, 0.1) is 5.02 Å². The monoisotopic (exact) mass is 219 g/mol. The smallest absolute Gasteiger partial charge is 0.132 e. The molecule has 2 aromatic heterocycles. The third kappa shape index (κ3) is 2.14. The Morgan fingerprint density at radius 2 is 2.21 bits per heavy atom. The predicted octanol–water partition coefficient (Wildman–Crippen LogP) is 3.20. The zero-order valence-corrected chi connectivity index (χ0v) is 8.77. The lowest BCUT2D eigenvalue weighted by atomic mass is 10.3. The summed E-state index contributed by atoms with van der Waals surface area (Å²) in [6.07, 6.45) is 1.68. The van der Waals surface area contributed by atoms with Crippen LogP contribution < -0.4 is 0 Å². The molecule has 0 saturated carbocycles. The minimum absolute atomic E-state index is 0.593. The summed E-state index contributed by atoms with van der Waals surface area (Å²) in [5, 5.41) is 4.57. The van der Waals surface area contributed by atoms with Crippen LogP contribution in [0.4, 0.5) is 0 Å². The third-order valence-electron chi connectivity index (χ3n) is 1.60. The molecule has 0 atom stereocenters. The maximum atomic E-state index is 5.90. The molecule has 14 heavy (non-hydrogen) atoms. The molecule has 1 nitrogen and oxygen atoms in total. The molecule has 2 rings (SSSR count). The van der Waals surface area contributed by atoms with Gasteiger partial charge in [-0.05, 0) is 29.5 Å². The lowest BCUT2D eigenvalue weighted by molar-refractivity contribution is 1.29. The van der Waals surface area contributed by atoms with Crippen molar-refractivity contribution >= 4 is 22.9 Å². The van der Waals surface area contributed by atoms with Gasteiger partial charge >= 0.3 is 0 Å². The van der Waals surface area contributed by atoms with E-state index in [0.29, 0.717) is 10.7 Å². The number of pyridine rings is 1. The van der Waals surface area contributed by atoms with Gasteiger partial charge in [0.25, 0.3) is 0 Å². The SMILES string of the molecule is Clc1cccnc1C#Cc1ccsc1. The molecule has 0 unspecified atom stereocenters. The summed E-state index contributed by atoms with van der Waals surface area (Å²) in [6.45, 7) is 0. The number of nitrogens with zero attached hydrogens (tertiary/aromatic N) is 1. The van der Waals surface area contributed by atoms with Crippen LogP contribution in [0.1, 0.15) is 11.3 Å². The largest absolute Gasteiger partial charge is 0.246 e. The van der Waals surface area contributed by atoms with E-state index >= 15 is 0 Å². The van der Waals surface area contributed by atoms with E-state index in [2.05, 4.69) is 16.8 Å². The Hall–Kier alpha value is -1.30. The quantitative estimate of drug-likeness (QED) is 0.620. The van der Waals surface area contributed by atoms with Crippen LogP contribution in [0.15, 0.2) is 35.2 Å². The Kier molecular flexibility index (Phi) is 2.83. The second kappa shape index (κ2) is 4.28. The van der Waals surface area contributed by atoms with Gasteiger partial charge in [-0.3, -0.25) is 0 Å². The predicted molar refractivity (Wildman–Crippen MR) is 59.5 cm³/mol. The first-order valence-electron chi connectivity index (χ1n) is 4.01. The van der Waals surface area contributed by atoms with Crippen molar-refractivity contribution < 1.29 is 0 Å². The number of halogens is 1. The Bertz CT molecular complexity index is 479. The molecular formula is C11H6ClNS. The molecule has 68 valence electrons. The van der Waals surface area contributed by atoms with E-state index in [4.69, 9.17) is 11.6 Å². The molecule has 0 spiro atoms. The number of hydrogen-bond donors (Lipinski definition) is 0. The highest BCUT2D eigenvalue weighted by Crippen LogP contribution is 2.11. The third-order valence-corrected chi connectivity index (χ3v) is 2.59. The van der Waals surface area contributed by atoms with Gasteiger partial charge in [-0.1, -0.05) is 17.5 Å². The Morgan fingerprint density at radius 1 is 1.29 bits per heavy atom. The zero-order chi connectivity index (χ0) is 9.80. The van der Waals surface area contributed by atoms with E-state index in [1.807, 2.05) is 16.8 Å². The van der Waals surface area contributed by atoms with Crippen LogP contribution in [0.5, 0.6) is 0 Å². The fraction of sp³-hybridized carbons (Fsp3) is 0. The number of hydrogen-bond acceptors (Lipinski definition) is 2. The summed E-state index contributed by atoms with van der Waals surface area (Å²) in [6, 6.07) is 5.54. The van der Waals surface area contributed by atoms with Gasteiger partial charge in [0.2, 0.25) is 0 Å². The molecule has 0 fully saturated rings. The van der Waals surface area contributed by atoms with Crippen molar-refractivity contribution in [1.82, 2.24) is 4.98 Å². The standard InChI is InChI=1S/C11H6ClNS/c12-10-2-1-6-13-11(10)4-3-9-5-7-14-8-9/h1-2,5-8H. The van der Waals surface area contributed by atoms with Gasteiger partial charge in [-0.2, -0.15) is 11.3 Å². The Morgan fingerprint density at radius 3 is 2.93 bits per heavy atom. The lowest BCUT2D eigenvalue weighted by Crippen LogP contribution is -1.81. The van der Waals surface area contributed by atoms with Crippen LogP contribution in [-0.4, -0.2) is 4.98 Å². The van der Waals surface area contributed by atoms with Crippen LogP contribution >= 0.6 is 22.9 Å². The molecule has 0 N–H and O–H groups in total. The van der Waals surface area contributed by atoms with Gasteiger partial charge in [-0.25, -0.2) is 4.98 Å². The van der Waals surface area contributed by atoms with Crippen molar-refractivity contribution in [2.75, 3.05) is 0 Å². The molecular weight excluding hydrogens is 214 g/mol. The van der Waals surface area contributed by atoms with Crippen molar-refractivity contribution in [3.05, 3.63) is 51.4 Å². The fourth-order valence-electron chi connectivity index (χ4n) is 0.945. The number of thiophene rings is 1. The summed E-state index contributed by atoms with van der Waals surface area (Å²) in [5.74, 6) is 5.92. The van der Waals surface area contributed by atoms with Crippen molar-refractivity contribution in [2.24, 2.45) is 0 Å². The van der Waals surface area contributed by atoms with Crippen molar-refractivity contribution in [3.8, 4) is 11.8 Å². The molecule has 0 bridgehead atoms. The van der Waals surface area contributed by atoms with Crippen molar-refractivity contribution in [2.45, 2.75) is 0 Å². The molecule has 3 heteroatoms. The van der Waals surface area contributed by atoms with E-state index in [9.17, 15) is 0 Å². The van der Waals surface area contributed by atoms with Crippen LogP contribution in [0.3, 0.4) is 0 Å². The van der Waals surface area contributed by atoms with E-state index in [1.54, 1.807) is 29.7 Å². The molecule has 0 amide bonds. The maximum Gasteiger partial charge on any atom is 0.132 e. The first kappa shape index (κ1) is 9.26. The van der Waals surface area contributed by atoms with Crippen molar-refractivity contribution in [3.63, 3.8) is 0 Å². The molecule has 0 aliphatic heterocycles. The second-order valence-corrected chi connectivity index (χ2v) is 3.78. The van der Waals surface area contributed by atoms with Crippen molar-refractivity contribution in [1.29, 1.82) is 0 Å². The van der Waals surface area contributed by atoms with Crippen LogP contribution in [0.25, 0.3) is 0 Å². The first-order valence-corrected chi connectivity index (χ1v) is 5.33. The molecule has 0 saturated heterocycles. The summed E-state index contributed by atoms with van der Waals surface area (Å²) >= 11 is 7.53. The highest BCUT2D eigenvalue weighted by atomic mass is 35.5. The molecule has 0 aliphatic rings. The van der Waals surface area contributed by atoms with E-state index in [1.165, 1.54) is 0 Å². The van der Waals surface area contributed by atoms with Crippen LogP contribution in [-0.2, 0) is 0 Å². The van der Waals surface area contributed by atoms with Gasteiger partial charge in [0.15, 0.2) is 0 Å². The van der Waals surface area contributed by atoms with Crippen LogP contribution in [0.2, 0.25) is 5.02 Å². The summed E-state index contributed by atoms with van der Waals surface area (Å²) in [5.41, 5.74) is 1.62. The lowest BCUT2D eigenvalue weighted by Gasteiger charge is -1.90. The van der Waals surface area contributed by atoms with E-state index in [0.717, 1.165) is 5.56 Å². The van der Waals surface area contributed by atoms with Gasteiger partial charge in [-0.15, -0.1) is 0 Å². The number of rotatable bonds is 0. The minimum atomic E-state index is 0.593. The second-order valence-electron chi connectivity index (χ2n) is 2.60. The van der Waals surface area contributed by atoms with Crippen LogP contribution in [0, 0.1) is 11.8 Å². The first-order chi connectivity index (χ1) is 6.86. The Balaban J connectivity index is 2.31. The highest BCUT2D eigenvalue weighted by Gasteiger charge is 1.94. The maximum absolute atomic E-state index is 5.90. The minimum Gasteiger partial charge on any atom is -0.246 e. The van der Waals surface area contributed by atoms with E-state index < -0.39 is 0 Å². The zero-order valence-electron chi connectivity index (χ0n) is 7.20. The summed E-state index contributed by atoms with van der Waals surface area (Å²) < 4.78 is 0. The van der Waals surface area contributed by atoms with E-state index in [-0.39, 0.29) is 0 Å². The molecule has 0 aliphatic carbocycles. The highest BCUT2D eigenvalue weighted by molar-refractivity contribution is 7.08.